The van der Waals surface area contributed by atoms with Gasteiger partial charge in [-0.05, 0) is 72.2 Å². The van der Waals surface area contributed by atoms with E-state index in [1.807, 2.05) is 17.0 Å². The molecule has 2 aromatic heterocycles. The molecule has 2 N–H and O–H groups in total. The first kappa shape index (κ1) is 20.5. The predicted molar refractivity (Wildman–Crippen MR) is 126 cm³/mol. The van der Waals surface area contributed by atoms with Gasteiger partial charge in [-0.15, -0.1) is 22.7 Å². The zero-order valence-corrected chi connectivity index (χ0v) is 19.9. The molecule has 0 spiro atoms. The Bertz CT molecular complexity index is 1250. The highest BCUT2D eigenvalue weighted by Crippen LogP contribution is 2.51. The van der Waals surface area contributed by atoms with Crippen molar-refractivity contribution in [2.24, 2.45) is 5.73 Å². The highest BCUT2D eigenvalue weighted by atomic mass is 79.9. The lowest BCUT2D eigenvalue weighted by Gasteiger charge is -2.38. The van der Waals surface area contributed by atoms with Crippen LogP contribution in [0, 0.1) is 22.7 Å². The number of rotatable bonds is 2. The fraction of sp³-hybridized carbons (Fsp3) is 0.348. The van der Waals surface area contributed by atoms with Crippen LogP contribution in [-0.4, -0.2) is 5.78 Å². The van der Waals surface area contributed by atoms with E-state index in [1.165, 1.54) is 16.2 Å². The van der Waals surface area contributed by atoms with Crippen LogP contribution >= 0.6 is 38.6 Å². The summed E-state index contributed by atoms with van der Waals surface area (Å²) in [5.74, 6) is -0.0260. The molecule has 0 saturated carbocycles. The molecule has 3 heterocycles. The van der Waals surface area contributed by atoms with Crippen LogP contribution < -0.4 is 10.6 Å². The summed E-state index contributed by atoms with van der Waals surface area (Å²) in [6.07, 6.45) is 5.99. The van der Waals surface area contributed by atoms with Crippen molar-refractivity contribution in [1.82, 2.24) is 0 Å². The minimum Gasteiger partial charge on any atom is -0.384 e. The van der Waals surface area contributed by atoms with Crippen LogP contribution in [0.2, 0.25) is 0 Å². The molecule has 2 aliphatic carbocycles. The molecular weight excluding hydrogens is 492 g/mol. The van der Waals surface area contributed by atoms with E-state index in [9.17, 15) is 15.3 Å². The standard InChI is InChI=1S/C23H19BrN4OS2/c24-19-9-8-18(30-19)20-14(11-26)22(27)28(15-5-3-6-16(29)21(15)20)23-13(10-25)12-4-1-2-7-17(12)31-23/h8-9,20H,1-7,27H2. The van der Waals surface area contributed by atoms with Crippen molar-refractivity contribution in [2.75, 3.05) is 4.90 Å². The Morgan fingerprint density at radius 1 is 1.06 bits per heavy atom. The molecule has 5 nitrogen and oxygen atoms in total. The van der Waals surface area contributed by atoms with Gasteiger partial charge in [0, 0.05) is 27.4 Å². The molecule has 0 fully saturated rings. The van der Waals surface area contributed by atoms with Gasteiger partial charge in [-0.25, -0.2) is 0 Å². The Kier molecular flexibility index (Phi) is 5.26. The number of hydrogen-bond acceptors (Lipinski definition) is 7. The molecule has 5 rings (SSSR count). The number of allylic oxidation sites excluding steroid dienone is 3. The van der Waals surface area contributed by atoms with Crippen LogP contribution in [0.5, 0.6) is 0 Å². The van der Waals surface area contributed by atoms with E-state index in [0.717, 1.165) is 57.0 Å². The minimum absolute atomic E-state index is 0.0702. The number of nitriles is 2. The molecule has 156 valence electrons. The van der Waals surface area contributed by atoms with E-state index in [1.54, 1.807) is 11.3 Å². The molecule has 1 aliphatic heterocycles. The van der Waals surface area contributed by atoms with Crippen LogP contribution in [0.3, 0.4) is 0 Å². The van der Waals surface area contributed by atoms with Crippen LogP contribution in [-0.2, 0) is 17.6 Å². The van der Waals surface area contributed by atoms with E-state index in [0.29, 0.717) is 35.4 Å². The maximum absolute atomic E-state index is 13.2. The molecule has 0 radical (unpaired) electrons. The highest BCUT2D eigenvalue weighted by Gasteiger charge is 2.42. The number of ketones is 1. The number of thiophene rings is 2. The van der Waals surface area contributed by atoms with E-state index in [-0.39, 0.29) is 5.78 Å². The lowest BCUT2D eigenvalue weighted by molar-refractivity contribution is -0.116. The number of carbonyl (C=O) groups is 1. The van der Waals surface area contributed by atoms with Crippen LogP contribution in [0.1, 0.15) is 58.9 Å². The third-order valence-electron chi connectivity index (χ3n) is 6.26. The molecule has 2 aromatic rings. The molecular formula is C23H19BrN4OS2. The average molecular weight is 511 g/mol. The van der Waals surface area contributed by atoms with Gasteiger partial charge >= 0.3 is 0 Å². The summed E-state index contributed by atoms with van der Waals surface area (Å²) < 4.78 is 0.948. The predicted octanol–water partition coefficient (Wildman–Crippen LogP) is 5.63. The van der Waals surface area contributed by atoms with Crippen molar-refractivity contribution in [3.63, 3.8) is 0 Å². The maximum atomic E-state index is 13.2. The topological polar surface area (TPSA) is 93.9 Å². The van der Waals surface area contributed by atoms with Gasteiger partial charge in [-0.2, -0.15) is 10.5 Å². The van der Waals surface area contributed by atoms with Gasteiger partial charge in [0.1, 0.15) is 16.9 Å². The molecule has 0 bridgehead atoms. The monoisotopic (exact) mass is 510 g/mol. The van der Waals surface area contributed by atoms with Crippen molar-refractivity contribution in [3.05, 3.63) is 59.5 Å². The molecule has 0 saturated heterocycles. The van der Waals surface area contributed by atoms with Crippen LogP contribution in [0.4, 0.5) is 5.00 Å². The third kappa shape index (κ3) is 3.17. The smallest absolute Gasteiger partial charge is 0.161 e. The van der Waals surface area contributed by atoms with Crippen molar-refractivity contribution in [2.45, 2.75) is 50.9 Å². The summed E-state index contributed by atoms with van der Waals surface area (Å²) in [7, 11) is 0. The maximum Gasteiger partial charge on any atom is 0.161 e. The van der Waals surface area contributed by atoms with Crippen molar-refractivity contribution < 1.29 is 4.79 Å². The molecule has 31 heavy (non-hydrogen) atoms. The Hall–Kier alpha value is -2.39. The van der Waals surface area contributed by atoms with Crippen molar-refractivity contribution in [3.8, 4) is 12.1 Å². The van der Waals surface area contributed by atoms with Gasteiger partial charge in [0.15, 0.2) is 5.78 Å². The van der Waals surface area contributed by atoms with Gasteiger partial charge in [-0.3, -0.25) is 9.69 Å². The largest absolute Gasteiger partial charge is 0.384 e. The van der Waals surface area contributed by atoms with Gasteiger partial charge < -0.3 is 5.73 Å². The second kappa shape index (κ2) is 7.94. The first-order valence-electron chi connectivity index (χ1n) is 10.3. The summed E-state index contributed by atoms with van der Waals surface area (Å²) in [6.45, 7) is 0. The van der Waals surface area contributed by atoms with E-state index < -0.39 is 5.92 Å². The lowest BCUT2D eigenvalue weighted by atomic mass is 9.78. The second-order valence-corrected chi connectivity index (χ2v) is 11.5. The quantitative estimate of drug-likeness (QED) is 0.564. The van der Waals surface area contributed by atoms with E-state index in [4.69, 9.17) is 5.73 Å². The fourth-order valence-corrected chi connectivity index (χ4v) is 7.83. The van der Waals surface area contributed by atoms with Gasteiger partial charge in [0.2, 0.25) is 0 Å². The molecule has 3 aliphatic rings. The number of halogens is 1. The minimum atomic E-state index is -0.444. The first-order valence-corrected chi connectivity index (χ1v) is 12.7. The zero-order valence-electron chi connectivity index (χ0n) is 16.7. The van der Waals surface area contributed by atoms with E-state index in [2.05, 4.69) is 28.1 Å². The van der Waals surface area contributed by atoms with Gasteiger partial charge in [0.05, 0.1) is 26.9 Å². The van der Waals surface area contributed by atoms with Crippen molar-refractivity contribution in [1.29, 1.82) is 10.5 Å². The summed E-state index contributed by atoms with van der Waals surface area (Å²) in [5, 5.41) is 20.9. The summed E-state index contributed by atoms with van der Waals surface area (Å²) in [4.78, 5) is 17.2. The van der Waals surface area contributed by atoms with Crippen LogP contribution in [0.15, 0.2) is 38.6 Å². The SMILES string of the molecule is N#CC1=C(N)N(c2sc3c(c2C#N)CCCC3)C2=C(C(=O)CCC2)C1c1ccc(Br)s1. The number of nitrogens with zero attached hydrogens (tertiary/aromatic N) is 3. The summed E-state index contributed by atoms with van der Waals surface area (Å²) in [5.41, 5.74) is 10.4. The van der Waals surface area contributed by atoms with E-state index >= 15 is 0 Å². The number of anilines is 1. The van der Waals surface area contributed by atoms with Gasteiger partial charge in [-0.1, -0.05) is 0 Å². The zero-order chi connectivity index (χ0) is 21.7. The molecule has 1 atom stereocenters. The second-order valence-electron chi connectivity index (χ2n) is 7.96. The molecule has 8 heteroatoms. The normalized spacial score (nSPS) is 20.9. The highest BCUT2D eigenvalue weighted by molar-refractivity contribution is 9.11. The lowest BCUT2D eigenvalue weighted by Crippen LogP contribution is -2.38. The number of hydrogen-bond donors (Lipinski definition) is 1. The molecule has 0 aromatic carbocycles. The number of carbonyl (C=O) groups excluding carboxylic acids is 1. The summed E-state index contributed by atoms with van der Waals surface area (Å²) >= 11 is 6.62. The Balaban J connectivity index is 1.76. The Morgan fingerprint density at radius 3 is 2.58 bits per heavy atom. The molecule has 1 unspecified atom stereocenters. The average Bonchev–Trinajstić information content (AvgIpc) is 3.36. The number of aryl methyl sites for hydroxylation is 1. The number of Topliss-reactive ketones (excluding diaryl/α,β-unsaturated/α-hetero) is 1. The number of nitrogens with two attached hydrogens (primary N) is 1. The van der Waals surface area contributed by atoms with Crippen molar-refractivity contribution >= 4 is 49.4 Å². The summed E-state index contributed by atoms with van der Waals surface area (Å²) in [6, 6.07) is 8.60. The first-order chi connectivity index (χ1) is 15.0. The number of fused-ring (bicyclic) bond motifs is 1. The molecule has 0 amide bonds. The van der Waals surface area contributed by atoms with Gasteiger partial charge in [0.25, 0.3) is 0 Å². The fourth-order valence-electron chi connectivity index (χ4n) is 4.91. The Morgan fingerprint density at radius 2 is 1.87 bits per heavy atom. The Labute approximate surface area is 197 Å². The third-order valence-corrected chi connectivity index (χ3v) is 9.22. The van der Waals surface area contributed by atoms with Crippen LogP contribution in [0.25, 0.3) is 0 Å².